The monoisotopic (exact) mass is 205 g/mol. The molecule has 78 valence electrons. The van der Waals surface area contributed by atoms with Gasteiger partial charge in [0.2, 0.25) is 5.91 Å². The van der Waals surface area contributed by atoms with Crippen LogP contribution in [-0.4, -0.2) is 17.0 Å². The molecule has 1 amide bonds. The van der Waals surface area contributed by atoms with Crippen molar-refractivity contribution >= 4 is 17.6 Å². The number of allylic oxidation sites excluding steroid dienone is 1. The molecule has 1 rings (SSSR count). The van der Waals surface area contributed by atoms with Gasteiger partial charge in [-0.15, -0.1) is 0 Å². The van der Waals surface area contributed by atoms with E-state index >= 15 is 0 Å². The van der Waals surface area contributed by atoms with Gasteiger partial charge in [-0.1, -0.05) is 18.2 Å². The zero-order valence-corrected chi connectivity index (χ0v) is 8.23. The number of carboxylic acids is 1. The highest BCUT2D eigenvalue weighted by atomic mass is 16.4. The highest BCUT2D eigenvalue weighted by molar-refractivity contribution is 6.04. The molecule has 0 heterocycles. The van der Waals surface area contributed by atoms with E-state index in [4.69, 9.17) is 5.11 Å². The Hall–Kier alpha value is -2.10. The third-order valence-electron chi connectivity index (χ3n) is 1.73. The SMILES string of the molecule is CC=CC(=O)Nc1ccccc1C(=O)O. The molecule has 0 radical (unpaired) electrons. The first-order chi connectivity index (χ1) is 7.15. The minimum absolute atomic E-state index is 0.0790. The van der Waals surface area contributed by atoms with E-state index in [0.29, 0.717) is 5.69 Å². The fraction of sp³-hybridized carbons (Fsp3) is 0.0909. The van der Waals surface area contributed by atoms with E-state index in [-0.39, 0.29) is 11.5 Å². The Morgan fingerprint density at radius 1 is 1.33 bits per heavy atom. The average Bonchev–Trinajstić information content (AvgIpc) is 2.18. The number of aromatic carboxylic acids is 1. The van der Waals surface area contributed by atoms with E-state index in [1.165, 1.54) is 12.1 Å². The summed E-state index contributed by atoms with van der Waals surface area (Å²) in [6, 6.07) is 6.25. The van der Waals surface area contributed by atoms with Crippen molar-refractivity contribution in [2.75, 3.05) is 5.32 Å². The van der Waals surface area contributed by atoms with Gasteiger partial charge in [-0.05, 0) is 25.1 Å². The Morgan fingerprint density at radius 3 is 2.60 bits per heavy atom. The van der Waals surface area contributed by atoms with Crippen LogP contribution in [0.1, 0.15) is 17.3 Å². The first kappa shape index (κ1) is 11.0. The number of hydrogen-bond donors (Lipinski definition) is 2. The first-order valence-corrected chi connectivity index (χ1v) is 4.41. The lowest BCUT2D eigenvalue weighted by Crippen LogP contribution is -2.11. The Kier molecular flexibility index (Phi) is 3.62. The van der Waals surface area contributed by atoms with Gasteiger partial charge < -0.3 is 10.4 Å². The Labute approximate surface area is 87.2 Å². The Morgan fingerprint density at radius 2 is 2.00 bits per heavy atom. The van der Waals surface area contributed by atoms with Crippen LogP contribution in [0, 0.1) is 0 Å². The number of rotatable bonds is 3. The van der Waals surface area contributed by atoms with Gasteiger partial charge in [0.1, 0.15) is 0 Å². The standard InChI is InChI=1S/C11H11NO3/c1-2-5-10(13)12-9-7-4-3-6-8(9)11(14)15/h2-7H,1H3,(H,12,13)(H,14,15). The summed E-state index contributed by atoms with van der Waals surface area (Å²) in [5.74, 6) is -1.41. The van der Waals surface area contributed by atoms with Crippen molar-refractivity contribution in [1.29, 1.82) is 0 Å². The molecular weight excluding hydrogens is 194 g/mol. The fourth-order valence-corrected chi connectivity index (χ4v) is 1.10. The number of para-hydroxylation sites is 1. The smallest absolute Gasteiger partial charge is 0.337 e. The molecule has 0 saturated carbocycles. The second-order valence-corrected chi connectivity index (χ2v) is 2.84. The molecule has 1 aromatic carbocycles. The topological polar surface area (TPSA) is 66.4 Å². The molecule has 0 aliphatic rings. The van der Waals surface area contributed by atoms with Crippen LogP contribution < -0.4 is 5.32 Å². The molecule has 0 unspecified atom stereocenters. The molecule has 4 heteroatoms. The largest absolute Gasteiger partial charge is 0.478 e. The van der Waals surface area contributed by atoms with Crippen molar-refractivity contribution in [1.82, 2.24) is 0 Å². The molecule has 0 atom stereocenters. The third-order valence-corrected chi connectivity index (χ3v) is 1.73. The molecule has 4 nitrogen and oxygen atoms in total. The number of anilines is 1. The fourth-order valence-electron chi connectivity index (χ4n) is 1.10. The lowest BCUT2D eigenvalue weighted by Gasteiger charge is -2.05. The van der Waals surface area contributed by atoms with E-state index in [1.807, 2.05) is 0 Å². The molecule has 2 N–H and O–H groups in total. The van der Waals surface area contributed by atoms with E-state index in [2.05, 4.69) is 5.32 Å². The van der Waals surface area contributed by atoms with Crippen LogP contribution in [0.15, 0.2) is 36.4 Å². The summed E-state index contributed by atoms with van der Waals surface area (Å²) < 4.78 is 0. The van der Waals surface area contributed by atoms with Crippen LogP contribution in [0.5, 0.6) is 0 Å². The van der Waals surface area contributed by atoms with Crippen LogP contribution in [0.2, 0.25) is 0 Å². The molecular formula is C11H11NO3. The summed E-state index contributed by atoms with van der Waals surface area (Å²) in [6.07, 6.45) is 2.91. The molecule has 0 aliphatic carbocycles. The van der Waals surface area contributed by atoms with E-state index in [9.17, 15) is 9.59 Å². The van der Waals surface area contributed by atoms with Crippen molar-refractivity contribution < 1.29 is 14.7 Å². The number of amides is 1. The van der Waals surface area contributed by atoms with Crippen LogP contribution in [0.4, 0.5) is 5.69 Å². The highest BCUT2D eigenvalue weighted by Crippen LogP contribution is 2.14. The van der Waals surface area contributed by atoms with Gasteiger partial charge in [0.25, 0.3) is 0 Å². The highest BCUT2D eigenvalue weighted by Gasteiger charge is 2.09. The molecule has 0 aromatic heterocycles. The zero-order chi connectivity index (χ0) is 11.3. The second-order valence-electron chi connectivity index (χ2n) is 2.84. The van der Waals surface area contributed by atoms with Crippen LogP contribution >= 0.6 is 0 Å². The number of benzene rings is 1. The number of carbonyl (C=O) groups is 2. The predicted octanol–water partition coefficient (Wildman–Crippen LogP) is 1.90. The summed E-state index contributed by atoms with van der Waals surface area (Å²) in [4.78, 5) is 22.0. The molecule has 0 spiro atoms. The summed E-state index contributed by atoms with van der Waals surface area (Å²) in [5, 5.41) is 11.3. The zero-order valence-electron chi connectivity index (χ0n) is 8.23. The predicted molar refractivity (Wildman–Crippen MR) is 56.8 cm³/mol. The minimum Gasteiger partial charge on any atom is -0.478 e. The third kappa shape index (κ3) is 2.95. The lowest BCUT2D eigenvalue weighted by atomic mass is 10.2. The molecule has 0 fully saturated rings. The lowest BCUT2D eigenvalue weighted by molar-refractivity contribution is -0.111. The second kappa shape index (κ2) is 4.95. The minimum atomic E-state index is -1.06. The van der Waals surface area contributed by atoms with Crippen LogP contribution in [-0.2, 0) is 4.79 Å². The Balaban J connectivity index is 2.94. The molecule has 15 heavy (non-hydrogen) atoms. The first-order valence-electron chi connectivity index (χ1n) is 4.41. The summed E-state index contributed by atoms with van der Waals surface area (Å²) in [5.41, 5.74) is 0.378. The van der Waals surface area contributed by atoms with Crippen molar-refractivity contribution in [2.45, 2.75) is 6.92 Å². The molecule has 1 aromatic rings. The summed E-state index contributed by atoms with van der Waals surface area (Å²) >= 11 is 0. The quantitative estimate of drug-likeness (QED) is 0.740. The van der Waals surface area contributed by atoms with Gasteiger partial charge in [0.15, 0.2) is 0 Å². The van der Waals surface area contributed by atoms with E-state index < -0.39 is 5.97 Å². The van der Waals surface area contributed by atoms with Crippen molar-refractivity contribution in [3.05, 3.63) is 42.0 Å². The summed E-state index contributed by atoms with van der Waals surface area (Å²) in [6.45, 7) is 1.71. The molecule has 0 aliphatic heterocycles. The maximum atomic E-state index is 11.2. The summed E-state index contributed by atoms with van der Waals surface area (Å²) in [7, 11) is 0. The van der Waals surface area contributed by atoms with Gasteiger partial charge in [0.05, 0.1) is 11.3 Å². The van der Waals surface area contributed by atoms with Gasteiger partial charge in [0, 0.05) is 0 Å². The van der Waals surface area contributed by atoms with E-state index in [0.717, 1.165) is 0 Å². The number of carbonyl (C=O) groups excluding carboxylic acids is 1. The van der Waals surface area contributed by atoms with E-state index in [1.54, 1.807) is 31.2 Å². The molecule has 0 bridgehead atoms. The van der Waals surface area contributed by atoms with Crippen LogP contribution in [0.25, 0.3) is 0 Å². The van der Waals surface area contributed by atoms with Crippen LogP contribution in [0.3, 0.4) is 0 Å². The van der Waals surface area contributed by atoms with Crippen molar-refractivity contribution in [2.24, 2.45) is 0 Å². The van der Waals surface area contributed by atoms with Gasteiger partial charge in [-0.3, -0.25) is 4.79 Å². The van der Waals surface area contributed by atoms with Gasteiger partial charge >= 0.3 is 5.97 Å². The molecule has 0 saturated heterocycles. The number of carboxylic acid groups (broad SMARTS) is 1. The van der Waals surface area contributed by atoms with Gasteiger partial charge in [-0.2, -0.15) is 0 Å². The number of hydrogen-bond acceptors (Lipinski definition) is 2. The maximum absolute atomic E-state index is 11.2. The Bertz CT molecular complexity index is 410. The average molecular weight is 205 g/mol. The maximum Gasteiger partial charge on any atom is 0.337 e. The van der Waals surface area contributed by atoms with Crippen molar-refractivity contribution in [3.8, 4) is 0 Å². The normalized spacial score (nSPS) is 10.2. The number of nitrogens with one attached hydrogen (secondary N) is 1. The van der Waals surface area contributed by atoms with Gasteiger partial charge in [-0.25, -0.2) is 4.79 Å². The van der Waals surface area contributed by atoms with Crippen molar-refractivity contribution in [3.63, 3.8) is 0 Å².